The van der Waals surface area contributed by atoms with Crippen LogP contribution in [0.4, 0.5) is 14.5 Å². The van der Waals surface area contributed by atoms with Crippen molar-refractivity contribution in [1.82, 2.24) is 9.80 Å². The van der Waals surface area contributed by atoms with E-state index in [-0.39, 0.29) is 62.4 Å². The van der Waals surface area contributed by atoms with E-state index in [1.807, 2.05) is 33.9 Å². The van der Waals surface area contributed by atoms with Crippen LogP contribution in [0.1, 0.15) is 101 Å². The molecular formula is C53H60F2N4O6. The number of nitrogens with zero attached hydrogens (tertiary/aromatic N) is 4. The molecule has 0 radical (unpaired) electrons. The minimum Gasteiger partial charge on any atom is -0.469 e. The Morgan fingerprint density at radius 3 is 1.85 bits per heavy atom. The maximum Gasteiger partial charge on any atom is 0.306 e. The molecule has 3 aromatic carbocycles. The number of likely N-dealkylation sites (tertiary alicyclic amines) is 2. The lowest BCUT2D eigenvalue weighted by Gasteiger charge is -2.31. The van der Waals surface area contributed by atoms with Gasteiger partial charge in [-0.15, -0.1) is 0 Å². The highest BCUT2D eigenvalue weighted by molar-refractivity contribution is 6.04. The summed E-state index contributed by atoms with van der Waals surface area (Å²) in [5.41, 5.74) is 13.2. The van der Waals surface area contributed by atoms with Gasteiger partial charge in [-0.3, -0.25) is 29.2 Å². The van der Waals surface area contributed by atoms with Crippen molar-refractivity contribution in [1.29, 1.82) is 0 Å². The van der Waals surface area contributed by atoms with Crippen molar-refractivity contribution in [2.75, 3.05) is 27.3 Å². The van der Waals surface area contributed by atoms with E-state index in [1.54, 1.807) is 9.80 Å². The van der Waals surface area contributed by atoms with Crippen molar-refractivity contribution in [2.45, 2.75) is 116 Å². The van der Waals surface area contributed by atoms with Gasteiger partial charge in [0.2, 0.25) is 11.8 Å². The van der Waals surface area contributed by atoms with Gasteiger partial charge in [-0.05, 0) is 105 Å². The average molecular weight is 887 g/mol. The van der Waals surface area contributed by atoms with Gasteiger partial charge in [0.05, 0.1) is 69.8 Å². The number of carbonyl (C=O) groups is 4. The van der Waals surface area contributed by atoms with E-state index in [0.29, 0.717) is 24.7 Å². The molecule has 12 heteroatoms. The van der Waals surface area contributed by atoms with Crippen LogP contribution < -0.4 is 0 Å². The van der Waals surface area contributed by atoms with Gasteiger partial charge in [0.1, 0.15) is 12.3 Å². The first kappa shape index (κ1) is 44.7. The smallest absolute Gasteiger partial charge is 0.306 e. The Hall–Kier alpha value is -5.52. The first-order valence-corrected chi connectivity index (χ1v) is 23.5. The number of esters is 2. The Kier molecular flexibility index (Phi) is 12.4. The second kappa shape index (κ2) is 18.0. The standard InChI is InChI=1S/C53H60F2N4O6/c1-28(2)41(23-49(60)64-5)52(62)58-26-36(54)21-47(58)45-20-35(25-56-45)30-7-9-31(10-8-30)39-15-14-38(43-18-33-11-13-40(33)51(39)43)32-12-16-44-34(17-32)19-46(57-44)48-22-37(55)27-59(48)53(63)42(29(3)4)24-50(61)65-6/h7-10,12,14-17,25,28-29,33,36-37,40-42,47-48H,11,13,18-24,26-27H2,1-6H3/t33?,36-,37-,40?,41-,42-,47-,48-/m0/s1. The fourth-order valence-corrected chi connectivity index (χ4v) is 11.4. The maximum absolute atomic E-state index is 15.1. The van der Waals surface area contributed by atoms with E-state index in [0.717, 1.165) is 51.4 Å². The number of amides is 2. The molecule has 4 aliphatic heterocycles. The van der Waals surface area contributed by atoms with Crippen molar-refractivity contribution in [3.8, 4) is 22.3 Å². The lowest BCUT2D eigenvalue weighted by molar-refractivity contribution is -0.148. The summed E-state index contributed by atoms with van der Waals surface area (Å²) in [6, 6.07) is 18.7. The van der Waals surface area contributed by atoms with Crippen molar-refractivity contribution in [2.24, 2.45) is 39.6 Å². The molecule has 2 aliphatic carbocycles. The highest BCUT2D eigenvalue weighted by atomic mass is 19.1. The predicted octanol–water partition coefficient (Wildman–Crippen LogP) is 9.43. The van der Waals surface area contributed by atoms with Crippen LogP contribution >= 0.6 is 0 Å². The summed E-state index contributed by atoms with van der Waals surface area (Å²) in [5.74, 6) is -1.61. The third-order valence-corrected chi connectivity index (χ3v) is 15.3. The summed E-state index contributed by atoms with van der Waals surface area (Å²) < 4.78 is 39.8. The number of allylic oxidation sites excluding steroid dienone is 1. The monoisotopic (exact) mass is 886 g/mol. The highest BCUT2D eigenvalue weighted by Gasteiger charge is 2.45. The van der Waals surface area contributed by atoms with Crippen LogP contribution in [0.3, 0.4) is 0 Å². The van der Waals surface area contributed by atoms with Gasteiger partial charge in [0, 0.05) is 43.3 Å². The Labute approximate surface area is 380 Å². The van der Waals surface area contributed by atoms with Gasteiger partial charge in [-0.25, -0.2) is 8.78 Å². The molecule has 3 aromatic rings. The van der Waals surface area contributed by atoms with Gasteiger partial charge in [-0.1, -0.05) is 70.2 Å². The van der Waals surface area contributed by atoms with Crippen molar-refractivity contribution in [3.05, 3.63) is 83.1 Å². The molecule has 3 fully saturated rings. The van der Waals surface area contributed by atoms with Gasteiger partial charge in [0.25, 0.3) is 0 Å². The maximum atomic E-state index is 15.1. The molecule has 0 N–H and O–H groups in total. The quantitative estimate of drug-likeness (QED) is 0.158. The fourth-order valence-electron chi connectivity index (χ4n) is 11.4. The molecule has 6 aliphatic rings. The minimum absolute atomic E-state index is 0.00345. The lowest BCUT2D eigenvalue weighted by Crippen LogP contribution is -2.45. The molecule has 0 aromatic heterocycles. The normalized spacial score (nSPS) is 25.1. The van der Waals surface area contributed by atoms with E-state index >= 15 is 4.39 Å². The molecule has 1 saturated carbocycles. The Balaban J connectivity index is 0.905. The molecule has 2 amide bonds. The predicted molar refractivity (Wildman–Crippen MR) is 247 cm³/mol. The molecular weight excluding hydrogens is 827 g/mol. The number of hydrogen-bond donors (Lipinski definition) is 0. The molecule has 2 unspecified atom stereocenters. The fraction of sp³-hybridized carbons (Fsp3) is 0.509. The summed E-state index contributed by atoms with van der Waals surface area (Å²) in [7, 11) is 2.63. The Morgan fingerprint density at radius 2 is 1.28 bits per heavy atom. The highest BCUT2D eigenvalue weighted by Crippen LogP contribution is 2.56. The minimum atomic E-state index is -1.16. The van der Waals surface area contributed by atoms with Crippen LogP contribution in [0.15, 0.2) is 70.8 Å². The third kappa shape index (κ3) is 8.46. The van der Waals surface area contributed by atoms with Crippen LogP contribution in [0, 0.1) is 29.6 Å². The summed E-state index contributed by atoms with van der Waals surface area (Å²) in [6.45, 7) is 7.60. The summed E-state index contributed by atoms with van der Waals surface area (Å²) in [6.07, 6.45) is 4.33. The first-order chi connectivity index (χ1) is 31.2. The lowest BCUT2D eigenvalue weighted by atomic mass is 9.73. The molecule has 0 spiro atoms. The molecule has 2 saturated heterocycles. The van der Waals surface area contributed by atoms with Crippen molar-refractivity contribution >= 4 is 46.4 Å². The molecule has 10 nitrogen and oxygen atoms in total. The molecule has 65 heavy (non-hydrogen) atoms. The Morgan fingerprint density at radius 1 is 0.708 bits per heavy atom. The number of carbonyl (C=O) groups excluding carboxylic acids is 4. The third-order valence-electron chi connectivity index (χ3n) is 15.3. The van der Waals surface area contributed by atoms with Crippen LogP contribution in [-0.2, 0) is 41.5 Å². The number of benzene rings is 3. The van der Waals surface area contributed by atoms with Gasteiger partial charge in [0.15, 0.2) is 0 Å². The van der Waals surface area contributed by atoms with E-state index < -0.39 is 48.2 Å². The summed E-state index contributed by atoms with van der Waals surface area (Å²) in [5, 5.41) is 0. The number of rotatable bonds is 13. The van der Waals surface area contributed by atoms with Crippen LogP contribution in [0.25, 0.3) is 27.8 Å². The molecule has 9 rings (SSSR count). The van der Waals surface area contributed by atoms with Crippen LogP contribution in [-0.4, -0.2) is 96.7 Å². The zero-order chi connectivity index (χ0) is 45.8. The number of aliphatic imine (C=N–C) groups is 2. The van der Waals surface area contributed by atoms with Gasteiger partial charge in [-0.2, -0.15) is 0 Å². The zero-order valence-corrected chi connectivity index (χ0v) is 38.3. The van der Waals surface area contributed by atoms with Crippen molar-refractivity contribution < 1.29 is 37.4 Å². The van der Waals surface area contributed by atoms with Crippen LogP contribution in [0.5, 0.6) is 0 Å². The van der Waals surface area contributed by atoms with Crippen LogP contribution in [0.2, 0.25) is 0 Å². The number of methoxy groups -OCH3 is 2. The number of hydrogen-bond acceptors (Lipinski definition) is 8. The summed E-state index contributed by atoms with van der Waals surface area (Å²) in [4.78, 5) is 64.9. The SMILES string of the molecule is COC(=O)C[C@H](C(=O)N1C[C@@H](F)C[C@H]1C1=NC=C(c2ccc(-c3ccc(-c4ccc5c(c4)CC([C@@H]4C[C@H](F)CN4C(=O)[C@@H](CC(=O)OC)C(C)C)=N5)c4c3C3CCC3C4)cc2)C1)C(C)C. The summed E-state index contributed by atoms with van der Waals surface area (Å²) >= 11 is 0. The molecule has 8 atom stereocenters. The number of fused-ring (bicyclic) bond motifs is 4. The van der Waals surface area contributed by atoms with E-state index in [1.165, 1.54) is 49.3 Å². The topological polar surface area (TPSA) is 118 Å². The van der Waals surface area contributed by atoms with E-state index in [2.05, 4.69) is 54.6 Å². The number of halogens is 2. The first-order valence-electron chi connectivity index (χ1n) is 23.5. The van der Waals surface area contributed by atoms with E-state index in [9.17, 15) is 23.6 Å². The number of ether oxygens (including phenoxy) is 2. The van der Waals surface area contributed by atoms with Gasteiger partial charge < -0.3 is 19.3 Å². The zero-order valence-electron chi connectivity index (χ0n) is 38.3. The van der Waals surface area contributed by atoms with Gasteiger partial charge >= 0.3 is 11.9 Å². The largest absolute Gasteiger partial charge is 0.469 e. The average Bonchev–Trinajstić information content (AvgIpc) is 4.13. The second-order valence-electron chi connectivity index (χ2n) is 19.8. The second-order valence-corrected chi connectivity index (χ2v) is 19.8. The van der Waals surface area contributed by atoms with Crippen molar-refractivity contribution in [3.63, 3.8) is 0 Å². The molecule has 4 heterocycles. The number of alkyl halides is 2. The Bertz CT molecular complexity index is 2490. The molecule has 0 bridgehead atoms. The molecule has 342 valence electrons. The van der Waals surface area contributed by atoms with E-state index in [4.69, 9.17) is 19.5 Å².